The van der Waals surface area contributed by atoms with Crippen LogP contribution < -0.4 is 14.4 Å². The molecule has 2 fully saturated rings. The molecule has 1 spiro atoms. The number of fused-ring (bicyclic) bond motifs is 4. The molecule has 9 nitrogen and oxygen atoms in total. The molecular formula is C33H40ClN3O6S. The van der Waals surface area contributed by atoms with Crippen LogP contribution in [-0.2, 0) is 26.8 Å². The number of nitrogens with zero attached hydrogens (tertiary/aromatic N) is 2. The Kier molecular flexibility index (Phi) is 8.16. The van der Waals surface area contributed by atoms with E-state index in [0.29, 0.717) is 38.5 Å². The smallest absolute Gasteiger partial charge is 0.304 e. The minimum Gasteiger partial charge on any atom is -0.490 e. The first-order valence-corrected chi connectivity index (χ1v) is 17.6. The molecule has 5 atom stereocenters. The Labute approximate surface area is 264 Å². The van der Waals surface area contributed by atoms with Crippen LogP contribution in [0.25, 0.3) is 0 Å². The molecule has 236 valence electrons. The van der Waals surface area contributed by atoms with Gasteiger partial charge in [-0.15, -0.1) is 0 Å². The van der Waals surface area contributed by atoms with Gasteiger partial charge in [0, 0.05) is 48.8 Å². The summed E-state index contributed by atoms with van der Waals surface area (Å²) in [6.07, 6.45) is 8.95. The summed E-state index contributed by atoms with van der Waals surface area (Å²) in [5.41, 5.74) is 3.25. The Morgan fingerprint density at radius 1 is 1.14 bits per heavy atom. The van der Waals surface area contributed by atoms with Gasteiger partial charge >= 0.3 is 10.2 Å². The number of aliphatic hydroxyl groups is 1. The van der Waals surface area contributed by atoms with Crippen LogP contribution in [0, 0.1) is 11.8 Å². The molecule has 1 amide bonds. The molecule has 2 aromatic rings. The molecule has 44 heavy (non-hydrogen) atoms. The predicted molar refractivity (Wildman–Crippen MR) is 169 cm³/mol. The van der Waals surface area contributed by atoms with E-state index in [2.05, 4.69) is 21.8 Å². The van der Waals surface area contributed by atoms with Crippen LogP contribution in [0.3, 0.4) is 0 Å². The molecule has 0 radical (unpaired) electrons. The third kappa shape index (κ3) is 5.75. The molecule has 1 saturated carbocycles. The van der Waals surface area contributed by atoms with Crippen molar-refractivity contribution < 1.29 is 27.8 Å². The molecule has 1 unspecified atom stereocenters. The first kappa shape index (κ1) is 30.0. The number of aliphatic hydroxyl groups excluding tert-OH is 1. The largest absolute Gasteiger partial charge is 0.490 e. The number of carbonyl (C=O) groups is 1. The normalized spacial score (nSPS) is 32.6. The van der Waals surface area contributed by atoms with E-state index in [1.165, 1.54) is 15.4 Å². The zero-order valence-electron chi connectivity index (χ0n) is 24.8. The maximum absolute atomic E-state index is 13.5. The first-order valence-electron chi connectivity index (χ1n) is 15.8. The second-order valence-corrected chi connectivity index (χ2v) is 15.2. The first-order chi connectivity index (χ1) is 21.2. The maximum Gasteiger partial charge on any atom is 0.304 e. The molecule has 2 N–H and O–H groups in total. The summed E-state index contributed by atoms with van der Waals surface area (Å²) in [4.78, 5) is 15.8. The number of carbonyl (C=O) groups excluding carboxylic acids is 1. The monoisotopic (exact) mass is 641 g/mol. The van der Waals surface area contributed by atoms with Gasteiger partial charge in [-0.3, -0.25) is 4.79 Å². The summed E-state index contributed by atoms with van der Waals surface area (Å²) < 4.78 is 42.6. The molecule has 3 heterocycles. The zero-order chi connectivity index (χ0) is 30.5. The van der Waals surface area contributed by atoms with E-state index in [1.54, 1.807) is 18.2 Å². The van der Waals surface area contributed by atoms with Gasteiger partial charge in [0.05, 0.1) is 24.5 Å². The minimum absolute atomic E-state index is 0.106. The van der Waals surface area contributed by atoms with E-state index in [-0.39, 0.29) is 42.0 Å². The topological polar surface area (TPSA) is 108 Å². The third-order valence-corrected chi connectivity index (χ3v) is 12.0. The van der Waals surface area contributed by atoms with Crippen molar-refractivity contribution in [3.05, 3.63) is 70.3 Å². The summed E-state index contributed by atoms with van der Waals surface area (Å²) in [6.45, 7) is 2.83. The molecule has 3 aliphatic heterocycles. The molecular weight excluding hydrogens is 602 g/mol. The lowest BCUT2D eigenvalue weighted by Crippen LogP contribution is -2.50. The number of hydrogen-bond acceptors (Lipinski definition) is 7. The minimum atomic E-state index is -4.14. The fourth-order valence-electron chi connectivity index (χ4n) is 7.61. The summed E-state index contributed by atoms with van der Waals surface area (Å²) in [5.74, 6) is 0.367. The number of nitrogens with one attached hydrogen (secondary N) is 1. The van der Waals surface area contributed by atoms with Crippen LogP contribution >= 0.6 is 11.6 Å². The standard InChI is InChI=1S/C33H40ClN3O6S/c34-25-8-10-28-22(16-25)4-3-13-33(28)20-36-18-24-6-9-27(24)30(38)5-1-2-14-37(19-26-12-15-42-26)44(40,41)35-32(39)23-7-11-31(43-21-33)29(36)17-23/h1,5,7-8,10-11,16-17,24,26-27,30,38H,2-4,6,9,12-15,18-21H2,(H,35,39)/b5-1+/t24-,26-,27+,30?,33-/m0/s1. The Morgan fingerprint density at radius 2 is 2.00 bits per heavy atom. The highest BCUT2D eigenvalue weighted by Gasteiger charge is 2.44. The van der Waals surface area contributed by atoms with Crippen molar-refractivity contribution in [2.75, 3.05) is 44.3 Å². The summed E-state index contributed by atoms with van der Waals surface area (Å²) in [5, 5.41) is 11.9. The van der Waals surface area contributed by atoms with Crippen molar-refractivity contribution in [3.63, 3.8) is 0 Å². The number of benzene rings is 2. The molecule has 1 saturated heterocycles. The SMILES string of the molecule is O=C1NS(=O)(=O)N(C[C@@H]2CCO2)CC/C=C/C(O)[C@@H]2CC[C@H]2CN2C[C@@]3(CCCc4cc(Cl)ccc43)COc3ccc1cc32. The van der Waals surface area contributed by atoms with Crippen molar-refractivity contribution >= 4 is 33.4 Å². The van der Waals surface area contributed by atoms with Gasteiger partial charge in [0.15, 0.2) is 0 Å². The van der Waals surface area contributed by atoms with Crippen LogP contribution in [0.1, 0.15) is 60.0 Å². The lowest BCUT2D eigenvalue weighted by atomic mass is 9.68. The van der Waals surface area contributed by atoms with E-state index in [4.69, 9.17) is 21.1 Å². The molecule has 2 aliphatic carbocycles. The Morgan fingerprint density at radius 3 is 2.77 bits per heavy atom. The van der Waals surface area contributed by atoms with Crippen molar-refractivity contribution in [1.29, 1.82) is 0 Å². The molecule has 11 heteroatoms. The average Bonchev–Trinajstić information content (AvgIpc) is 3.10. The van der Waals surface area contributed by atoms with Crippen molar-refractivity contribution in [1.82, 2.24) is 9.03 Å². The van der Waals surface area contributed by atoms with E-state index in [1.807, 2.05) is 18.2 Å². The fraction of sp³-hybridized carbons (Fsp3) is 0.545. The number of hydrogen-bond donors (Lipinski definition) is 2. The highest BCUT2D eigenvalue weighted by molar-refractivity contribution is 7.87. The van der Waals surface area contributed by atoms with Gasteiger partial charge in [-0.2, -0.15) is 12.7 Å². The van der Waals surface area contributed by atoms with Crippen molar-refractivity contribution in [2.24, 2.45) is 11.8 Å². The number of aryl methyl sites for hydroxylation is 1. The van der Waals surface area contributed by atoms with Gasteiger partial charge in [-0.05, 0) is 98.2 Å². The second-order valence-electron chi connectivity index (χ2n) is 13.1. The fourth-order valence-corrected chi connectivity index (χ4v) is 9.00. The van der Waals surface area contributed by atoms with E-state index in [0.717, 1.165) is 49.2 Å². The van der Waals surface area contributed by atoms with Crippen LogP contribution in [0.5, 0.6) is 5.75 Å². The Balaban J connectivity index is 1.26. The number of anilines is 1. The molecule has 0 aromatic heterocycles. The molecule has 5 aliphatic rings. The predicted octanol–water partition coefficient (Wildman–Crippen LogP) is 4.23. The van der Waals surface area contributed by atoms with E-state index < -0.39 is 22.2 Å². The van der Waals surface area contributed by atoms with E-state index >= 15 is 0 Å². The molecule has 2 bridgehead atoms. The maximum atomic E-state index is 13.5. The van der Waals surface area contributed by atoms with Gasteiger partial charge in [0.25, 0.3) is 5.91 Å². The summed E-state index contributed by atoms with van der Waals surface area (Å²) in [7, 11) is -4.14. The average molecular weight is 642 g/mol. The van der Waals surface area contributed by atoms with Crippen LogP contribution in [0.2, 0.25) is 5.02 Å². The quantitative estimate of drug-likeness (QED) is 0.473. The Bertz CT molecular complexity index is 1560. The van der Waals surface area contributed by atoms with E-state index in [9.17, 15) is 18.3 Å². The van der Waals surface area contributed by atoms with Crippen molar-refractivity contribution in [3.8, 4) is 5.75 Å². The highest BCUT2D eigenvalue weighted by atomic mass is 35.5. The lowest BCUT2D eigenvalue weighted by molar-refractivity contribution is -0.0574. The van der Waals surface area contributed by atoms with Crippen molar-refractivity contribution in [2.45, 2.75) is 62.6 Å². The second kappa shape index (κ2) is 11.9. The third-order valence-electron chi connectivity index (χ3n) is 10.3. The van der Waals surface area contributed by atoms with Gasteiger partial charge in [-0.25, -0.2) is 4.72 Å². The number of ether oxygens (including phenoxy) is 2. The van der Waals surface area contributed by atoms with Crippen LogP contribution in [0.4, 0.5) is 5.69 Å². The lowest BCUT2D eigenvalue weighted by Gasteiger charge is -2.45. The zero-order valence-corrected chi connectivity index (χ0v) is 26.4. The van der Waals surface area contributed by atoms with Gasteiger partial charge in [0.2, 0.25) is 0 Å². The number of amides is 1. The summed E-state index contributed by atoms with van der Waals surface area (Å²) in [6, 6.07) is 11.3. The molecule has 7 rings (SSSR count). The van der Waals surface area contributed by atoms with Crippen LogP contribution in [-0.4, -0.2) is 75.3 Å². The number of rotatable bonds is 2. The number of halogens is 1. The van der Waals surface area contributed by atoms with Crippen LogP contribution in [0.15, 0.2) is 48.6 Å². The highest BCUT2D eigenvalue weighted by Crippen LogP contribution is 2.46. The van der Waals surface area contributed by atoms with Gasteiger partial charge < -0.3 is 19.5 Å². The van der Waals surface area contributed by atoms with Gasteiger partial charge in [-0.1, -0.05) is 29.8 Å². The molecule has 2 aromatic carbocycles. The van der Waals surface area contributed by atoms with Gasteiger partial charge in [0.1, 0.15) is 5.75 Å². The Hall–Kier alpha value is -2.63. The summed E-state index contributed by atoms with van der Waals surface area (Å²) >= 11 is 6.40.